The minimum absolute atomic E-state index is 0.716. The van der Waals surface area contributed by atoms with E-state index < -0.39 is 0 Å². The summed E-state index contributed by atoms with van der Waals surface area (Å²) in [6.45, 7) is 3.27. The van der Waals surface area contributed by atoms with Crippen LogP contribution in [-0.4, -0.2) is 19.6 Å². The van der Waals surface area contributed by atoms with Crippen molar-refractivity contribution >= 4 is 33.2 Å². The van der Waals surface area contributed by atoms with Crippen molar-refractivity contribution in [2.24, 2.45) is 5.92 Å². The van der Waals surface area contributed by atoms with E-state index in [0.717, 1.165) is 34.8 Å². The summed E-state index contributed by atoms with van der Waals surface area (Å²) < 4.78 is 1.02. The highest BCUT2D eigenvalue weighted by Crippen LogP contribution is 2.26. The minimum Gasteiger partial charge on any atom is -0.384 e. The number of hydrogen-bond acceptors (Lipinski definition) is 2. The van der Waals surface area contributed by atoms with Gasteiger partial charge in [-0.05, 0) is 50.0 Å². The van der Waals surface area contributed by atoms with Crippen LogP contribution in [0.4, 0.5) is 5.69 Å². The minimum atomic E-state index is 0.716. The highest BCUT2D eigenvalue weighted by molar-refractivity contribution is 9.10. The van der Waals surface area contributed by atoms with Crippen molar-refractivity contribution in [3.8, 4) is 0 Å². The van der Waals surface area contributed by atoms with Crippen LogP contribution in [-0.2, 0) is 0 Å². The molecule has 2 N–H and O–H groups in total. The number of rotatable bonds is 3. The van der Waals surface area contributed by atoms with Crippen molar-refractivity contribution in [1.82, 2.24) is 5.32 Å². The second-order valence-electron chi connectivity index (χ2n) is 4.22. The quantitative estimate of drug-likeness (QED) is 0.893. The Morgan fingerprint density at radius 1 is 1.50 bits per heavy atom. The largest absolute Gasteiger partial charge is 0.384 e. The van der Waals surface area contributed by atoms with E-state index in [-0.39, 0.29) is 0 Å². The van der Waals surface area contributed by atoms with Gasteiger partial charge in [0.15, 0.2) is 0 Å². The van der Waals surface area contributed by atoms with Crippen molar-refractivity contribution < 1.29 is 0 Å². The Balaban J connectivity index is 1.88. The Labute approximate surface area is 110 Å². The molecule has 88 valence electrons. The molecule has 1 aromatic rings. The fourth-order valence-electron chi connectivity index (χ4n) is 1.99. The van der Waals surface area contributed by atoms with E-state index in [4.69, 9.17) is 11.6 Å². The van der Waals surface area contributed by atoms with Gasteiger partial charge in [0.05, 0.1) is 10.7 Å². The van der Waals surface area contributed by atoms with E-state index in [0.29, 0.717) is 5.92 Å². The summed E-state index contributed by atoms with van der Waals surface area (Å²) in [5.74, 6) is 0.716. The van der Waals surface area contributed by atoms with Gasteiger partial charge in [-0.3, -0.25) is 0 Å². The number of piperidine rings is 1. The average molecular weight is 304 g/mol. The molecule has 1 aliphatic rings. The van der Waals surface area contributed by atoms with Gasteiger partial charge in [-0.25, -0.2) is 0 Å². The maximum atomic E-state index is 6.14. The molecule has 1 aliphatic heterocycles. The van der Waals surface area contributed by atoms with Gasteiger partial charge < -0.3 is 10.6 Å². The van der Waals surface area contributed by atoms with Gasteiger partial charge in [-0.2, -0.15) is 0 Å². The van der Waals surface area contributed by atoms with Gasteiger partial charge in [0.2, 0.25) is 0 Å². The van der Waals surface area contributed by atoms with Crippen molar-refractivity contribution in [2.45, 2.75) is 12.8 Å². The lowest BCUT2D eigenvalue weighted by molar-refractivity contribution is 0.393. The number of nitrogens with one attached hydrogen (secondary N) is 2. The summed E-state index contributed by atoms with van der Waals surface area (Å²) >= 11 is 9.54. The maximum absolute atomic E-state index is 6.14. The second kappa shape index (κ2) is 5.89. The highest BCUT2D eigenvalue weighted by atomic mass is 79.9. The van der Waals surface area contributed by atoms with Crippen molar-refractivity contribution in [1.29, 1.82) is 0 Å². The molecule has 0 spiro atoms. The predicted octanol–water partition coefficient (Wildman–Crippen LogP) is 3.51. The van der Waals surface area contributed by atoms with Crippen molar-refractivity contribution in [3.05, 3.63) is 27.7 Å². The maximum Gasteiger partial charge on any atom is 0.0648 e. The van der Waals surface area contributed by atoms with E-state index in [2.05, 4.69) is 26.6 Å². The summed E-state index contributed by atoms with van der Waals surface area (Å²) in [4.78, 5) is 0. The van der Waals surface area contributed by atoms with E-state index in [1.165, 1.54) is 12.8 Å². The molecule has 1 unspecified atom stereocenters. The molecule has 0 amide bonds. The monoisotopic (exact) mass is 302 g/mol. The van der Waals surface area contributed by atoms with Crippen LogP contribution >= 0.6 is 27.5 Å². The van der Waals surface area contributed by atoms with Gasteiger partial charge in [0.1, 0.15) is 0 Å². The van der Waals surface area contributed by atoms with Crippen LogP contribution in [0, 0.1) is 5.92 Å². The molecule has 0 saturated carbocycles. The van der Waals surface area contributed by atoms with Crippen LogP contribution in [0.2, 0.25) is 5.02 Å². The standard InChI is InChI=1S/C12H16BrClN2/c13-10-3-4-12(11(14)6-10)16-8-9-2-1-5-15-7-9/h3-4,6,9,15-16H,1-2,5,7-8H2. The summed E-state index contributed by atoms with van der Waals surface area (Å²) in [7, 11) is 0. The fourth-order valence-corrected chi connectivity index (χ4v) is 2.73. The second-order valence-corrected chi connectivity index (χ2v) is 5.54. The van der Waals surface area contributed by atoms with E-state index in [9.17, 15) is 0 Å². The summed E-state index contributed by atoms with van der Waals surface area (Å²) in [6.07, 6.45) is 2.58. The number of anilines is 1. The number of halogens is 2. The smallest absolute Gasteiger partial charge is 0.0648 e. The lowest BCUT2D eigenvalue weighted by Crippen LogP contribution is -2.33. The molecule has 1 aromatic carbocycles. The van der Waals surface area contributed by atoms with Crippen LogP contribution in [0.5, 0.6) is 0 Å². The van der Waals surface area contributed by atoms with Crippen LogP contribution in [0.25, 0.3) is 0 Å². The Morgan fingerprint density at radius 2 is 2.38 bits per heavy atom. The van der Waals surface area contributed by atoms with E-state index in [1.54, 1.807) is 0 Å². The first kappa shape index (κ1) is 12.2. The molecule has 2 rings (SSSR count). The van der Waals surface area contributed by atoms with Crippen LogP contribution in [0.1, 0.15) is 12.8 Å². The molecular formula is C12H16BrClN2. The fraction of sp³-hybridized carbons (Fsp3) is 0.500. The molecule has 0 radical (unpaired) electrons. The third-order valence-electron chi connectivity index (χ3n) is 2.91. The molecular weight excluding hydrogens is 288 g/mol. The normalized spacial score (nSPS) is 20.8. The highest BCUT2D eigenvalue weighted by Gasteiger charge is 2.12. The topological polar surface area (TPSA) is 24.1 Å². The lowest BCUT2D eigenvalue weighted by Gasteiger charge is -2.23. The zero-order chi connectivity index (χ0) is 11.4. The van der Waals surface area contributed by atoms with Crippen LogP contribution in [0.15, 0.2) is 22.7 Å². The Morgan fingerprint density at radius 3 is 3.06 bits per heavy atom. The molecule has 16 heavy (non-hydrogen) atoms. The van der Waals surface area contributed by atoms with Gasteiger partial charge in [-0.1, -0.05) is 27.5 Å². The van der Waals surface area contributed by atoms with Crippen molar-refractivity contribution in [2.75, 3.05) is 25.0 Å². The van der Waals surface area contributed by atoms with Gasteiger partial charge >= 0.3 is 0 Å². The molecule has 1 atom stereocenters. The molecule has 0 bridgehead atoms. The third kappa shape index (κ3) is 3.37. The molecule has 2 nitrogen and oxygen atoms in total. The summed E-state index contributed by atoms with van der Waals surface area (Å²) in [6, 6.07) is 5.94. The van der Waals surface area contributed by atoms with Crippen LogP contribution in [0.3, 0.4) is 0 Å². The number of benzene rings is 1. The SMILES string of the molecule is Clc1cc(Br)ccc1NCC1CCCNC1. The number of hydrogen-bond donors (Lipinski definition) is 2. The Bertz CT molecular complexity index is 351. The van der Waals surface area contributed by atoms with E-state index >= 15 is 0 Å². The van der Waals surface area contributed by atoms with Gasteiger partial charge in [-0.15, -0.1) is 0 Å². The van der Waals surface area contributed by atoms with Gasteiger partial charge in [0, 0.05) is 11.0 Å². The first-order valence-corrected chi connectivity index (χ1v) is 6.82. The Hall–Kier alpha value is -0.250. The lowest BCUT2D eigenvalue weighted by atomic mass is 10.00. The van der Waals surface area contributed by atoms with Gasteiger partial charge in [0.25, 0.3) is 0 Å². The first-order valence-electron chi connectivity index (χ1n) is 5.65. The molecule has 1 heterocycles. The molecule has 4 heteroatoms. The Kier molecular flexibility index (Phi) is 4.50. The molecule has 0 aromatic heterocycles. The summed E-state index contributed by atoms with van der Waals surface area (Å²) in [5.41, 5.74) is 1.02. The summed E-state index contributed by atoms with van der Waals surface area (Å²) in [5, 5.41) is 7.61. The zero-order valence-electron chi connectivity index (χ0n) is 9.10. The molecule has 1 fully saturated rings. The predicted molar refractivity (Wildman–Crippen MR) is 73.2 cm³/mol. The van der Waals surface area contributed by atoms with E-state index in [1.807, 2.05) is 18.2 Å². The molecule has 1 saturated heterocycles. The van der Waals surface area contributed by atoms with Crippen molar-refractivity contribution in [3.63, 3.8) is 0 Å². The molecule has 0 aliphatic carbocycles. The average Bonchev–Trinajstić information content (AvgIpc) is 2.29. The van der Waals surface area contributed by atoms with Crippen LogP contribution < -0.4 is 10.6 Å². The first-order chi connectivity index (χ1) is 7.75. The zero-order valence-corrected chi connectivity index (χ0v) is 11.4. The third-order valence-corrected chi connectivity index (χ3v) is 3.72.